The fourth-order valence-corrected chi connectivity index (χ4v) is 1.38. The largest absolute Gasteiger partial charge is 0.417 e. The summed E-state index contributed by atoms with van der Waals surface area (Å²) in [6, 6.07) is 0.881. The Morgan fingerprint density at radius 3 is 2.71 bits per heavy atom. The minimum Gasteiger partial charge on any atom is -0.319 e. The van der Waals surface area contributed by atoms with Gasteiger partial charge in [0.15, 0.2) is 0 Å². The molecule has 1 N–H and O–H groups in total. The summed E-state index contributed by atoms with van der Waals surface area (Å²) in [7, 11) is 1.82. The molecule has 1 rings (SSSR count). The molecule has 94 valence electrons. The van der Waals surface area contributed by atoms with Gasteiger partial charge in [0.1, 0.15) is 0 Å². The van der Waals surface area contributed by atoms with E-state index in [1.165, 1.54) is 0 Å². The highest BCUT2D eigenvalue weighted by atomic mass is 35.5. The van der Waals surface area contributed by atoms with E-state index in [1.54, 1.807) is 12.2 Å². The first-order valence-corrected chi connectivity index (χ1v) is 5.37. The van der Waals surface area contributed by atoms with Crippen LogP contribution in [-0.4, -0.2) is 18.6 Å². The van der Waals surface area contributed by atoms with Crippen LogP contribution in [0.2, 0.25) is 5.02 Å². The molecule has 0 bridgehead atoms. The fraction of sp³-hybridized carbons (Fsp3) is 0.364. The molecule has 0 saturated heterocycles. The molecule has 1 aromatic heterocycles. The zero-order chi connectivity index (χ0) is 12.9. The van der Waals surface area contributed by atoms with Gasteiger partial charge < -0.3 is 5.32 Å². The lowest BCUT2D eigenvalue weighted by Gasteiger charge is -2.07. The molecule has 0 unspecified atom stereocenters. The molecule has 0 saturated carbocycles. The van der Waals surface area contributed by atoms with Gasteiger partial charge in [0.25, 0.3) is 0 Å². The maximum atomic E-state index is 12.3. The van der Waals surface area contributed by atoms with Crippen molar-refractivity contribution in [2.45, 2.75) is 12.6 Å². The third kappa shape index (κ3) is 4.36. The summed E-state index contributed by atoms with van der Waals surface area (Å²) in [5.41, 5.74) is -0.495. The molecular formula is C11H12ClF3N2. The lowest BCUT2D eigenvalue weighted by atomic mass is 10.2. The van der Waals surface area contributed by atoms with E-state index >= 15 is 0 Å². The standard InChI is InChI=1S/C11H12ClF3N2/c1-16-5-3-2-4-10-9(12)6-8(7-17-10)11(13,14)15/h2,4,6-7,16H,3,5H2,1H3. The van der Waals surface area contributed by atoms with Crippen molar-refractivity contribution >= 4 is 17.7 Å². The summed E-state index contributed by atoms with van der Waals surface area (Å²) >= 11 is 5.72. The average molecular weight is 265 g/mol. The average Bonchev–Trinajstić information content (AvgIpc) is 2.24. The summed E-state index contributed by atoms with van der Waals surface area (Å²) in [4.78, 5) is 3.68. The molecule has 2 nitrogen and oxygen atoms in total. The first-order valence-electron chi connectivity index (χ1n) is 4.99. The highest BCUT2D eigenvalue weighted by Crippen LogP contribution is 2.31. The number of hydrogen-bond acceptors (Lipinski definition) is 2. The summed E-state index contributed by atoms with van der Waals surface area (Å²) in [6.45, 7) is 0.786. The van der Waals surface area contributed by atoms with Gasteiger partial charge in [-0.15, -0.1) is 0 Å². The lowest BCUT2D eigenvalue weighted by molar-refractivity contribution is -0.137. The van der Waals surface area contributed by atoms with Crippen molar-refractivity contribution in [3.8, 4) is 0 Å². The van der Waals surface area contributed by atoms with Crippen molar-refractivity contribution in [2.24, 2.45) is 0 Å². The van der Waals surface area contributed by atoms with Crippen LogP contribution in [0.15, 0.2) is 18.3 Å². The van der Waals surface area contributed by atoms with Crippen molar-refractivity contribution < 1.29 is 13.2 Å². The SMILES string of the molecule is CNCCC=Cc1ncc(C(F)(F)F)cc1Cl. The number of pyridine rings is 1. The van der Waals surface area contributed by atoms with Gasteiger partial charge in [-0.25, -0.2) is 0 Å². The molecule has 0 aliphatic carbocycles. The third-order valence-electron chi connectivity index (χ3n) is 2.03. The monoisotopic (exact) mass is 264 g/mol. The van der Waals surface area contributed by atoms with Crippen molar-refractivity contribution in [3.63, 3.8) is 0 Å². The quantitative estimate of drug-likeness (QED) is 0.844. The molecular weight excluding hydrogens is 253 g/mol. The van der Waals surface area contributed by atoms with E-state index < -0.39 is 11.7 Å². The molecule has 1 aromatic rings. The Balaban J connectivity index is 2.80. The zero-order valence-electron chi connectivity index (χ0n) is 9.18. The zero-order valence-corrected chi connectivity index (χ0v) is 9.94. The van der Waals surface area contributed by atoms with Gasteiger partial charge in [-0.3, -0.25) is 4.98 Å². The van der Waals surface area contributed by atoms with Gasteiger partial charge in [-0.1, -0.05) is 17.7 Å². The van der Waals surface area contributed by atoms with E-state index in [0.29, 0.717) is 5.69 Å². The Labute approximate surface area is 103 Å². The van der Waals surface area contributed by atoms with Crippen LogP contribution in [0, 0.1) is 0 Å². The highest BCUT2D eigenvalue weighted by molar-refractivity contribution is 6.31. The van der Waals surface area contributed by atoms with Crippen LogP contribution in [0.5, 0.6) is 0 Å². The lowest BCUT2D eigenvalue weighted by Crippen LogP contribution is -2.06. The van der Waals surface area contributed by atoms with Crippen LogP contribution in [0.25, 0.3) is 6.08 Å². The van der Waals surface area contributed by atoms with Gasteiger partial charge in [0.2, 0.25) is 0 Å². The van der Waals surface area contributed by atoms with Crippen molar-refractivity contribution in [1.82, 2.24) is 10.3 Å². The normalized spacial score (nSPS) is 12.3. The van der Waals surface area contributed by atoms with E-state index in [-0.39, 0.29) is 5.02 Å². The van der Waals surface area contributed by atoms with Crippen molar-refractivity contribution in [2.75, 3.05) is 13.6 Å². The minimum atomic E-state index is -4.41. The number of nitrogens with zero attached hydrogens (tertiary/aromatic N) is 1. The number of aromatic nitrogens is 1. The summed E-state index contributed by atoms with van der Waals surface area (Å²) in [5.74, 6) is 0. The summed E-state index contributed by atoms with van der Waals surface area (Å²) < 4.78 is 37.0. The van der Waals surface area contributed by atoms with Crippen LogP contribution < -0.4 is 5.32 Å². The first-order chi connectivity index (χ1) is 7.95. The molecule has 0 aliphatic heterocycles. The Morgan fingerprint density at radius 2 is 2.18 bits per heavy atom. The van der Waals surface area contributed by atoms with Crippen LogP contribution in [0.3, 0.4) is 0 Å². The fourth-order valence-electron chi connectivity index (χ4n) is 1.15. The van der Waals surface area contributed by atoms with Gasteiger partial charge in [0.05, 0.1) is 16.3 Å². The second-order valence-corrected chi connectivity index (χ2v) is 3.79. The molecule has 0 aliphatic rings. The van der Waals surface area contributed by atoms with E-state index in [1.807, 2.05) is 7.05 Å². The number of rotatable bonds is 4. The second kappa shape index (κ2) is 6.02. The smallest absolute Gasteiger partial charge is 0.319 e. The third-order valence-corrected chi connectivity index (χ3v) is 2.34. The summed E-state index contributed by atoms with van der Waals surface area (Å²) in [6.07, 6.45) is 0.544. The highest BCUT2D eigenvalue weighted by Gasteiger charge is 2.31. The molecule has 0 atom stereocenters. The number of nitrogens with one attached hydrogen (secondary N) is 1. The van der Waals surface area contributed by atoms with E-state index in [9.17, 15) is 13.2 Å². The molecule has 0 amide bonds. The van der Waals surface area contributed by atoms with Gasteiger partial charge in [0, 0.05) is 6.20 Å². The predicted octanol–water partition coefficient (Wildman–Crippen LogP) is 3.38. The molecule has 0 radical (unpaired) electrons. The molecule has 1 heterocycles. The molecule has 17 heavy (non-hydrogen) atoms. The van der Waals surface area contributed by atoms with Gasteiger partial charge in [-0.05, 0) is 32.2 Å². The van der Waals surface area contributed by atoms with Crippen LogP contribution in [0.4, 0.5) is 13.2 Å². The maximum absolute atomic E-state index is 12.3. The van der Waals surface area contributed by atoms with Crippen molar-refractivity contribution in [1.29, 1.82) is 0 Å². The molecule has 6 heteroatoms. The summed E-state index contributed by atoms with van der Waals surface area (Å²) in [5, 5.41) is 2.94. The molecule has 0 aromatic carbocycles. The number of hydrogen-bond donors (Lipinski definition) is 1. The van der Waals surface area contributed by atoms with E-state index in [0.717, 1.165) is 25.2 Å². The Bertz CT molecular complexity index is 402. The Hall–Kier alpha value is -1.07. The van der Waals surface area contributed by atoms with Crippen molar-refractivity contribution in [3.05, 3.63) is 34.6 Å². The molecule has 0 fully saturated rings. The maximum Gasteiger partial charge on any atom is 0.417 e. The van der Waals surface area contributed by atoms with Crippen LogP contribution in [-0.2, 0) is 6.18 Å². The first kappa shape index (κ1) is 14.0. The predicted molar refractivity (Wildman–Crippen MR) is 61.8 cm³/mol. The van der Waals surface area contributed by atoms with Crippen LogP contribution in [0.1, 0.15) is 17.7 Å². The number of alkyl halides is 3. The Morgan fingerprint density at radius 1 is 1.47 bits per heavy atom. The second-order valence-electron chi connectivity index (χ2n) is 3.38. The van der Waals surface area contributed by atoms with Gasteiger partial charge in [-0.2, -0.15) is 13.2 Å². The van der Waals surface area contributed by atoms with E-state index in [2.05, 4.69) is 10.3 Å². The topological polar surface area (TPSA) is 24.9 Å². The Kier molecular flexibility index (Phi) is 4.96. The van der Waals surface area contributed by atoms with E-state index in [4.69, 9.17) is 11.6 Å². The van der Waals surface area contributed by atoms with Gasteiger partial charge >= 0.3 is 6.18 Å². The molecule has 0 spiro atoms. The van der Waals surface area contributed by atoms with Crippen LogP contribution >= 0.6 is 11.6 Å². The minimum absolute atomic E-state index is 0.000493. The number of halogens is 4.